The summed E-state index contributed by atoms with van der Waals surface area (Å²) >= 11 is 0. The summed E-state index contributed by atoms with van der Waals surface area (Å²) in [6.07, 6.45) is 0.923. The van der Waals surface area contributed by atoms with Gasteiger partial charge in [0.1, 0.15) is 19.2 Å². The molecule has 0 spiro atoms. The van der Waals surface area contributed by atoms with Crippen molar-refractivity contribution in [3.63, 3.8) is 0 Å². The molecule has 7 heteroatoms. The highest BCUT2D eigenvalue weighted by atomic mass is 19.1. The number of anilines is 1. The zero-order chi connectivity index (χ0) is 13.7. The van der Waals surface area contributed by atoms with Crippen LogP contribution in [0.3, 0.4) is 0 Å². The molecule has 1 aromatic heterocycles. The maximum Gasteiger partial charge on any atom is 0.318 e. The van der Waals surface area contributed by atoms with Crippen LogP contribution in [0.25, 0.3) is 0 Å². The van der Waals surface area contributed by atoms with Crippen LogP contribution < -0.4 is 10.1 Å². The quantitative estimate of drug-likeness (QED) is 0.807. The smallest absolute Gasteiger partial charge is 0.318 e. The second-order valence-corrected chi connectivity index (χ2v) is 3.60. The highest BCUT2D eigenvalue weighted by Gasteiger charge is 2.07. The molecule has 19 heavy (non-hydrogen) atoms. The summed E-state index contributed by atoms with van der Waals surface area (Å²) in [4.78, 5) is 7.36. The number of nitrogens with zero attached hydrogens (tertiary/aromatic N) is 2. The minimum atomic E-state index is -0.702. The summed E-state index contributed by atoms with van der Waals surface area (Å²) in [5.74, 6) is -1.23. The van der Waals surface area contributed by atoms with Crippen molar-refractivity contribution in [1.29, 1.82) is 0 Å². The van der Waals surface area contributed by atoms with Gasteiger partial charge in [-0.15, -0.1) is 0 Å². The van der Waals surface area contributed by atoms with Gasteiger partial charge in [-0.05, 0) is 17.7 Å². The van der Waals surface area contributed by atoms with E-state index >= 15 is 0 Å². The van der Waals surface area contributed by atoms with Gasteiger partial charge >= 0.3 is 6.01 Å². The predicted molar refractivity (Wildman–Crippen MR) is 63.4 cm³/mol. The molecule has 0 amide bonds. The van der Waals surface area contributed by atoms with Crippen molar-refractivity contribution in [2.24, 2.45) is 0 Å². The largest absolute Gasteiger partial charge is 0.459 e. The maximum atomic E-state index is 13.2. The summed E-state index contributed by atoms with van der Waals surface area (Å²) in [5, 5.41) is 11.0. The Labute approximate surface area is 107 Å². The van der Waals surface area contributed by atoms with E-state index in [1.54, 1.807) is 12.1 Å². The molecule has 2 N–H and O–H groups in total. The van der Waals surface area contributed by atoms with Gasteiger partial charge in [-0.25, -0.2) is 13.8 Å². The summed E-state index contributed by atoms with van der Waals surface area (Å²) in [7, 11) is 0. The van der Waals surface area contributed by atoms with Crippen molar-refractivity contribution >= 4 is 5.82 Å². The molecular weight excluding hydrogens is 256 g/mol. The van der Waals surface area contributed by atoms with Crippen molar-refractivity contribution in [2.45, 2.75) is 6.61 Å². The average molecular weight is 267 g/mol. The van der Waals surface area contributed by atoms with Crippen LogP contribution in [0.1, 0.15) is 5.56 Å². The molecule has 0 atom stereocenters. The van der Waals surface area contributed by atoms with E-state index < -0.39 is 12.5 Å². The zero-order valence-corrected chi connectivity index (χ0v) is 9.81. The monoisotopic (exact) mass is 267 g/mol. The fourth-order valence-corrected chi connectivity index (χ4v) is 1.39. The van der Waals surface area contributed by atoms with E-state index in [0.717, 1.165) is 6.20 Å². The Balaban J connectivity index is 2.05. The van der Waals surface area contributed by atoms with Gasteiger partial charge in [-0.3, -0.25) is 0 Å². The second-order valence-electron chi connectivity index (χ2n) is 3.60. The molecule has 0 aliphatic heterocycles. The van der Waals surface area contributed by atoms with E-state index in [9.17, 15) is 8.78 Å². The van der Waals surface area contributed by atoms with E-state index in [0.29, 0.717) is 5.56 Å². The number of ether oxygens (including phenoxy) is 1. The molecule has 0 radical (unpaired) electrons. The fourth-order valence-electron chi connectivity index (χ4n) is 1.39. The lowest BCUT2D eigenvalue weighted by atomic mass is 10.2. The molecule has 0 saturated carbocycles. The Morgan fingerprint density at radius 1 is 1.32 bits per heavy atom. The summed E-state index contributed by atoms with van der Waals surface area (Å²) in [6, 6.07) is 5.80. The molecule has 0 unspecified atom stereocenters. The minimum Gasteiger partial charge on any atom is -0.459 e. The van der Waals surface area contributed by atoms with Gasteiger partial charge < -0.3 is 15.2 Å². The maximum absolute atomic E-state index is 13.2. The standard InChI is InChI=1S/C12H11F2N3O2/c13-9-3-1-2-8(4-9)6-19-12-15-5-10(14)11(17-12)16-7-18/h1-5,18H,6-7H2,(H,15,16,17). The SMILES string of the molecule is OCNc1nc(OCc2cccc(F)c2)ncc1F. The van der Waals surface area contributed by atoms with Crippen molar-refractivity contribution in [2.75, 3.05) is 12.0 Å². The molecular formula is C12H11F2N3O2. The lowest BCUT2D eigenvalue weighted by molar-refractivity contribution is 0.278. The first-order chi connectivity index (χ1) is 9.19. The van der Waals surface area contributed by atoms with Gasteiger partial charge in [0.2, 0.25) is 0 Å². The third-order valence-corrected chi connectivity index (χ3v) is 2.23. The molecule has 0 fully saturated rings. The number of rotatable bonds is 5. The second kappa shape index (κ2) is 6.05. The number of aromatic nitrogens is 2. The molecule has 1 aromatic carbocycles. The third-order valence-electron chi connectivity index (χ3n) is 2.23. The predicted octanol–water partition coefficient (Wildman–Crippen LogP) is 1.70. The molecule has 0 saturated heterocycles. The van der Waals surface area contributed by atoms with Crippen LogP contribution in [0.4, 0.5) is 14.6 Å². The Morgan fingerprint density at radius 3 is 2.89 bits per heavy atom. The number of benzene rings is 1. The number of aliphatic hydroxyl groups excluding tert-OH is 1. The number of halogens is 2. The van der Waals surface area contributed by atoms with E-state index in [1.807, 2.05) is 0 Å². The van der Waals surface area contributed by atoms with Crippen LogP contribution in [0, 0.1) is 11.6 Å². The van der Waals surface area contributed by atoms with E-state index in [4.69, 9.17) is 9.84 Å². The van der Waals surface area contributed by atoms with Gasteiger partial charge in [-0.2, -0.15) is 4.98 Å². The van der Waals surface area contributed by atoms with Crippen LogP contribution in [0.5, 0.6) is 6.01 Å². The Kier molecular flexibility index (Phi) is 4.19. The highest BCUT2D eigenvalue weighted by molar-refractivity contribution is 5.35. The molecule has 0 aliphatic carbocycles. The first-order valence-electron chi connectivity index (χ1n) is 5.43. The molecule has 2 rings (SSSR count). The number of nitrogens with one attached hydrogen (secondary N) is 1. The topological polar surface area (TPSA) is 67.3 Å². The van der Waals surface area contributed by atoms with Crippen LogP contribution in [0.15, 0.2) is 30.5 Å². The summed E-state index contributed by atoms with van der Waals surface area (Å²) in [6.45, 7) is -0.404. The van der Waals surface area contributed by atoms with Gasteiger partial charge in [-0.1, -0.05) is 12.1 Å². The van der Waals surface area contributed by atoms with E-state index in [-0.39, 0.29) is 24.3 Å². The lowest BCUT2D eigenvalue weighted by Crippen LogP contribution is -2.07. The zero-order valence-electron chi connectivity index (χ0n) is 9.81. The van der Waals surface area contributed by atoms with Crippen LogP contribution >= 0.6 is 0 Å². The fraction of sp³-hybridized carbons (Fsp3) is 0.167. The number of aliphatic hydroxyl groups is 1. The normalized spacial score (nSPS) is 10.3. The number of hydrogen-bond acceptors (Lipinski definition) is 5. The van der Waals surface area contributed by atoms with Gasteiger partial charge in [0, 0.05) is 0 Å². The molecule has 100 valence electrons. The molecule has 0 bridgehead atoms. The first-order valence-corrected chi connectivity index (χ1v) is 5.43. The van der Waals surface area contributed by atoms with Crippen molar-refractivity contribution < 1.29 is 18.6 Å². The van der Waals surface area contributed by atoms with E-state index in [2.05, 4.69) is 15.3 Å². The Hall–Kier alpha value is -2.28. The molecule has 5 nitrogen and oxygen atoms in total. The van der Waals surface area contributed by atoms with Crippen LogP contribution in [-0.4, -0.2) is 21.8 Å². The highest BCUT2D eigenvalue weighted by Crippen LogP contribution is 2.14. The van der Waals surface area contributed by atoms with Crippen molar-refractivity contribution in [3.05, 3.63) is 47.7 Å². The van der Waals surface area contributed by atoms with E-state index in [1.165, 1.54) is 12.1 Å². The Bertz CT molecular complexity index is 566. The summed E-state index contributed by atoms with van der Waals surface area (Å²) in [5.41, 5.74) is 0.601. The van der Waals surface area contributed by atoms with Crippen LogP contribution in [-0.2, 0) is 6.61 Å². The Morgan fingerprint density at radius 2 is 2.16 bits per heavy atom. The van der Waals surface area contributed by atoms with Crippen LogP contribution in [0.2, 0.25) is 0 Å². The van der Waals surface area contributed by atoms with Gasteiger partial charge in [0.15, 0.2) is 11.6 Å². The average Bonchev–Trinajstić information content (AvgIpc) is 2.40. The minimum absolute atomic E-state index is 0.0575. The third kappa shape index (κ3) is 3.59. The summed E-state index contributed by atoms with van der Waals surface area (Å²) < 4.78 is 31.3. The molecule has 0 aliphatic rings. The number of hydrogen-bond donors (Lipinski definition) is 2. The molecule has 1 heterocycles. The molecule has 2 aromatic rings. The van der Waals surface area contributed by atoms with Gasteiger partial charge in [0.25, 0.3) is 0 Å². The first kappa shape index (κ1) is 13.2. The van der Waals surface area contributed by atoms with Crippen molar-refractivity contribution in [3.8, 4) is 6.01 Å². The van der Waals surface area contributed by atoms with Gasteiger partial charge in [0.05, 0.1) is 6.20 Å². The lowest BCUT2D eigenvalue weighted by Gasteiger charge is -2.07. The van der Waals surface area contributed by atoms with Crippen molar-refractivity contribution in [1.82, 2.24) is 9.97 Å².